The van der Waals surface area contributed by atoms with Gasteiger partial charge in [-0.1, -0.05) is 11.8 Å². The summed E-state index contributed by atoms with van der Waals surface area (Å²) in [4.78, 5) is 27.5. The highest BCUT2D eigenvalue weighted by Crippen LogP contribution is 2.26. The molecule has 1 unspecified atom stereocenters. The summed E-state index contributed by atoms with van der Waals surface area (Å²) in [6.45, 7) is 1.78. The van der Waals surface area contributed by atoms with Gasteiger partial charge in [0.1, 0.15) is 5.00 Å². The van der Waals surface area contributed by atoms with Crippen molar-refractivity contribution >= 4 is 39.9 Å². The zero-order valence-electron chi connectivity index (χ0n) is 11.0. The minimum Gasteiger partial charge on any atom is -0.366 e. The predicted molar refractivity (Wildman–Crippen MR) is 80.0 cm³/mol. The smallest absolute Gasteiger partial charge is 0.251 e. The van der Waals surface area contributed by atoms with Crippen molar-refractivity contribution in [2.75, 3.05) is 5.32 Å². The predicted octanol–water partition coefficient (Wildman–Crippen LogP) is 1.70. The molecule has 0 aromatic carbocycles. The van der Waals surface area contributed by atoms with Crippen LogP contribution >= 0.6 is 23.1 Å². The third kappa shape index (κ3) is 3.20. The summed E-state index contributed by atoms with van der Waals surface area (Å²) < 4.78 is 1.84. The number of anilines is 1. The van der Waals surface area contributed by atoms with E-state index in [0.717, 1.165) is 5.16 Å². The summed E-state index contributed by atoms with van der Waals surface area (Å²) in [5.41, 5.74) is 5.57. The van der Waals surface area contributed by atoms with E-state index in [9.17, 15) is 9.59 Å². The number of hydrogen-bond donors (Lipinski definition) is 2. The zero-order valence-corrected chi connectivity index (χ0v) is 12.6. The van der Waals surface area contributed by atoms with Gasteiger partial charge >= 0.3 is 0 Å². The normalized spacial score (nSPS) is 12.1. The van der Waals surface area contributed by atoms with Crippen LogP contribution in [0, 0.1) is 0 Å². The third-order valence-electron chi connectivity index (χ3n) is 2.60. The van der Waals surface area contributed by atoms with Crippen LogP contribution in [0.25, 0.3) is 0 Å². The van der Waals surface area contributed by atoms with E-state index in [1.807, 2.05) is 17.8 Å². The number of amides is 2. The summed E-state index contributed by atoms with van der Waals surface area (Å²) in [7, 11) is 1.87. The largest absolute Gasteiger partial charge is 0.366 e. The number of carbonyl (C=O) groups is 2. The number of rotatable bonds is 5. The van der Waals surface area contributed by atoms with Crippen molar-refractivity contribution < 1.29 is 9.59 Å². The Kier molecular flexibility index (Phi) is 4.46. The molecule has 0 saturated carbocycles. The number of nitrogens with two attached hydrogens (primary N) is 1. The lowest BCUT2D eigenvalue weighted by molar-refractivity contribution is -0.115. The minimum absolute atomic E-state index is 0.192. The highest BCUT2D eigenvalue weighted by molar-refractivity contribution is 8.00. The first-order valence-electron chi connectivity index (χ1n) is 5.81. The molecule has 6 nitrogen and oxygen atoms in total. The van der Waals surface area contributed by atoms with Crippen LogP contribution in [0.5, 0.6) is 0 Å². The fourth-order valence-corrected chi connectivity index (χ4v) is 3.12. The van der Waals surface area contributed by atoms with Gasteiger partial charge in [0.25, 0.3) is 5.91 Å². The van der Waals surface area contributed by atoms with E-state index in [-0.39, 0.29) is 11.2 Å². The second-order valence-corrected chi connectivity index (χ2v) is 6.32. The summed E-state index contributed by atoms with van der Waals surface area (Å²) in [5, 5.41) is 5.34. The molecule has 0 radical (unpaired) electrons. The Labute approximate surface area is 124 Å². The van der Waals surface area contributed by atoms with Gasteiger partial charge in [0.15, 0.2) is 5.16 Å². The molecular weight excluding hydrogens is 296 g/mol. The maximum Gasteiger partial charge on any atom is 0.251 e. The second kappa shape index (κ2) is 6.10. The maximum atomic E-state index is 12.1. The number of aromatic nitrogens is 2. The first-order valence-corrected chi connectivity index (χ1v) is 7.57. The number of nitrogens with one attached hydrogen (secondary N) is 1. The first-order chi connectivity index (χ1) is 9.49. The monoisotopic (exact) mass is 310 g/mol. The Morgan fingerprint density at radius 1 is 1.55 bits per heavy atom. The van der Waals surface area contributed by atoms with Crippen LogP contribution in [0.3, 0.4) is 0 Å². The van der Waals surface area contributed by atoms with E-state index >= 15 is 0 Å². The number of nitrogens with zero attached hydrogens (tertiary/aromatic N) is 2. The molecule has 106 valence electrons. The molecule has 2 heterocycles. The molecule has 0 spiro atoms. The van der Waals surface area contributed by atoms with Gasteiger partial charge in [0.05, 0.1) is 10.8 Å². The lowest BCUT2D eigenvalue weighted by Gasteiger charge is -2.11. The summed E-state index contributed by atoms with van der Waals surface area (Å²) in [6, 6.07) is 1.60. The molecule has 0 bridgehead atoms. The molecule has 2 amide bonds. The molecule has 2 aromatic rings. The fraction of sp³-hybridized carbons (Fsp3) is 0.250. The Balaban J connectivity index is 2.03. The maximum absolute atomic E-state index is 12.1. The Morgan fingerprint density at radius 3 is 2.90 bits per heavy atom. The van der Waals surface area contributed by atoms with Gasteiger partial charge < -0.3 is 15.6 Å². The van der Waals surface area contributed by atoms with E-state index in [2.05, 4.69) is 10.3 Å². The number of aryl methyl sites for hydroxylation is 1. The van der Waals surface area contributed by atoms with E-state index in [1.54, 1.807) is 24.6 Å². The van der Waals surface area contributed by atoms with Crippen molar-refractivity contribution in [3.63, 3.8) is 0 Å². The first kappa shape index (κ1) is 14.6. The van der Waals surface area contributed by atoms with Crippen LogP contribution in [-0.4, -0.2) is 26.6 Å². The van der Waals surface area contributed by atoms with E-state index in [0.29, 0.717) is 10.6 Å². The average Bonchev–Trinajstić information content (AvgIpc) is 2.99. The Bertz CT molecular complexity index is 635. The number of hydrogen-bond acceptors (Lipinski definition) is 5. The van der Waals surface area contributed by atoms with Crippen molar-refractivity contribution in [2.24, 2.45) is 12.8 Å². The summed E-state index contributed by atoms with van der Waals surface area (Å²) in [6.07, 6.45) is 3.49. The average molecular weight is 310 g/mol. The number of thioether (sulfide) groups is 1. The summed E-state index contributed by atoms with van der Waals surface area (Å²) >= 11 is 2.62. The number of thiophene rings is 1. The molecule has 0 aliphatic rings. The van der Waals surface area contributed by atoms with Crippen LogP contribution < -0.4 is 11.1 Å². The molecule has 0 fully saturated rings. The fourth-order valence-electron chi connectivity index (χ4n) is 1.49. The molecule has 1 atom stereocenters. The minimum atomic E-state index is -0.550. The Morgan fingerprint density at radius 2 is 2.30 bits per heavy atom. The quantitative estimate of drug-likeness (QED) is 0.822. The summed E-state index contributed by atoms with van der Waals surface area (Å²) in [5.74, 6) is -0.742. The van der Waals surface area contributed by atoms with Crippen LogP contribution in [0.2, 0.25) is 0 Å². The van der Waals surface area contributed by atoms with Gasteiger partial charge in [-0.15, -0.1) is 11.3 Å². The van der Waals surface area contributed by atoms with Crippen LogP contribution in [0.15, 0.2) is 29.0 Å². The van der Waals surface area contributed by atoms with Crippen molar-refractivity contribution in [3.8, 4) is 0 Å². The van der Waals surface area contributed by atoms with Crippen LogP contribution in [0.4, 0.5) is 5.00 Å². The SMILES string of the molecule is CC(Sc1nccn1C)C(=O)Nc1sccc1C(N)=O. The molecule has 3 N–H and O–H groups in total. The van der Waals surface area contributed by atoms with Gasteiger partial charge in [-0.2, -0.15) is 0 Å². The van der Waals surface area contributed by atoms with Gasteiger partial charge in [0, 0.05) is 19.4 Å². The molecule has 0 aliphatic carbocycles. The Hall–Kier alpha value is -1.80. The lowest BCUT2D eigenvalue weighted by atomic mass is 10.3. The van der Waals surface area contributed by atoms with Gasteiger partial charge in [0.2, 0.25) is 5.91 Å². The molecule has 8 heteroatoms. The van der Waals surface area contributed by atoms with Crippen LogP contribution in [-0.2, 0) is 11.8 Å². The zero-order chi connectivity index (χ0) is 14.7. The second-order valence-electron chi connectivity index (χ2n) is 4.10. The van der Waals surface area contributed by atoms with Crippen LogP contribution in [0.1, 0.15) is 17.3 Å². The molecule has 0 aliphatic heterocycles. The highest BCUT2D eigenvalue weighted by atomic mass is 32.2. The van der Waals surface area contributed by atoms with Gasteiger partial charge in [-0.3, -0.25) is 9.59 Å². The van der Waals surface area contributed by atoms with Crippen molar-refractivity contribution in [3.05, 3.63) is 29.4 Å². The van der Waals surface area contributed by atoms with E-state index in [1.165, 1.54) is 23.1 Å². The van der Waals surface area contributed by atoms with Crippen molar-refractivity contribution in [2.45, 2.75) is 17.3 Å². The van der Waals surface area contributed by atoms with E-state index < -0.39 is 5.91 Å². The highest BCUT2D eigenvalue weighted by Gasteiger charge is 2.19. The number of primary amides is 1. The molecule has 0 saturated heterocycles. The molecule has 2 aromatic heterocycles. The number of imidazole rings is 1. The van der Waals surface area contributed by atoms with Gasteiger partial charge in [-0.25, -0.2) is 4.98 Å². The van der Waals surface area contributed by atoms with Gasteiger partial charge in [-0.05, 0) is 18.4 Å². The van der Waals surface area contributed by atoms with E-state index in [4.69, 9.17) is 5.73 Å². The van der Waals surface area contributed by atoms with Crippen molar-refractivity contribution in [1.82, 2.24) is 9.55 Å². The lowest BCUT2D eigenvalue weighted by Crippen LogP contribution is -2.24. The number of carbonyl (C=O) groups excluding carboxylic acids is 2. The third-order valence-corrected chi connectivity index (χ3v) is 4.60. The van der Waals surface area contributed by atoms with Crippen molar-refractivity contribution in [1.29, 1.82) is 0 Å². The molecular formula is C12H14N4O2S2. The molecule has 2 rings (SSSR count). The topological polar surface area (TPSA) is 90.0 Å². The molecule has 20 heavy (non-hydrogen) atoms. The standard InChI is InChI=1S/C12H14N4O2S2/c1-7(20-12-14-4-5-16(12)2)10(18)15-11-8(9(13)17)3-6-19-11/h3-7H,1-2H3,(H2,13,17)(H,15,18).